The highest BCUT2D eigenvalue weighted by molar-refractivity contribution is 5.94. The number of rotatable bonds is 7. The van der Waals surface area contributed by atoms with Crippen molar-refractivity contribution in [2.45, 2.75) is 40.0 Å². The molecule has 0 N–H and O–H groups in total. The summed E-state index contributed by atoms with van der Waals surface area (Å²) in [6.07, 6.45) is 2.00. The number of carbonyl (C=O) groups excluding carboxylic acids is 2. The summed E-state index contributed by atoms with van der Waals surface area (Å²) in [6.45, 7) is 6.20. The van der Waals surface area contributed by atoms with E-state index in [-0.39, 0.29) is 0 Å². The van der Waals surface area contributed by atoms with Crippen LogP contribution in [-0.2, 0) is 19.1 Å². The molecule has 0 heterocycles. The first-order valence-corrected chi connectivity index (χ1v) is 5.50. The van der Waals surface area contributed by atoms with Gasteiger partial charge in [0, 0.05) is 0 Å². The van der Waals surface area contributed by atoms with Gasteiger partial charge in [0.15, 0.2) is 5.92 Å². The second kappa shape index (κ2) is 8.26. The molecule has 1 unspecified atom stereocenters. The zero-order valence-corrected chi connectivity index (χ0v) is 9.75. The minimum absolute atomic E-state index is 0.292. The third-order valence-corrected chi connectivity index (χ3v) is 1.88. The molecular formula is C11H20O4. The van der Waals surface area contributed by atoms with Crippen molar-refractivity contribution >= 4 is 11.9 Å². The van der Waals surface area contributed by atoms with Crippen LogP contribution in [0.1, 0.15) is 40.0 Å². The van der Waals surface area contributed by atoms with Gasteiger partial charge in [-0.2, -0.15) is 0 Å². The second-order valence-electron chi connectivity index (χ2n) is 3.26. The van der Waals surface area contributed by atoms with E-state index in [4.69, 9.17) is 9.47 Å². The summed E-state index contributed by atoms with van der Waals surface area (Å²) in [4.78, 5) is 22.9. The third kappa shape index (κ3) is 5.40. The predicted octanol–water partition coefficient (Wildman–Crippen LogP) is 1.92. The fourth-order valence-corrected chi connectivity index (χ4v) is 1.17. The highest BCUT2D eigenvalue weighted by Crippen LogP contribution is 2.11. The first kappa shape index (κ1) is 13.9. The highest BCUT2D eigenvalue weighted by atomic mass is 16.6. The van der Waals surface area contributed by atoms with Crippen LogP contribution < -0.4 is 0 Å². The van der Waals surface area contributed by atoms with Crippen molar-refractivity contribution in [1.29, 1.82) is 0 Å². The molecule has 0 saturated heterocycles. The first-order chi connectivity index (χ1) is 7.17. The van der Waals surface area contributed by atoms with Crippen LogP contribution in [0.2, 0.25) is 0 Å². The topological polar surface area (TPSA) is 52.6 Å². The molecule has 0 rings (SSSR count). The van der Waals surface area contributed by atoms with Gasteiger partial charge in [0.2, 0.25) is 0 Å². The Labute approximate surface area is 90.9 Å². The van der Waals surface area contributed by atoms with Crippen LogP contribution in [0, 0.1) is 5.92 Å². The van der Waals surface area contributed by atoms with E-state index in [1.807, 2.05) is 13.8 Å². The Kier molecular flexibility index (Phi) is 7.68. The van der Waals surface area contributed by atoms with E-state index in [1.165, 1.54) is 0 Å². The maximum Gasteiger partial charge on any atom is 0.320 e. The van der Waals surface area contributed by atoms with E-state index in [0.717, 1.165) is 12.8 Å². The van der Waals surface area contributed by atoms with Gasteiger partial charge in [-0.05, 0) is 19.8 Å². The largest absolute Gasteiger partial charge is 0.465 e. The number of esters is 2. The van der Waals surface area contributed by atoms with Crippen molar-refractivity contribution in [2.24, 2.45) is 5.92 Å². The van der Waals surface area contributed by atoms with Gasteiger partial charge in [0.1, 0.15) is 0 Å². The summed E-state index contributed by atoms with van der Waals surface area (Å²) in [6, 6.07) is 0. The molecule has 0 radical (unpaired) electrons. The molecule has 0 aromatic heterocycles. The summed E-state index contributed by atoms with van der Waals surface area (Å²) in [5.41, 5.74) is 0. The van der Waals surface area contributed by atoms with Crippen molar-refractivity contribution in [3.63, 3.8) is 0 Å². The van der Waals surface area contributed by atoms with Crippen LogP contribution in [0.3, 0.4) is 0 Å². The van der Waals surface area contributed by atoms with Gasteiger partial charge in [-0.3, -0.25) is 9.59 Å². The summed E-state index contributed by atoms with van der Waals surface area (Å²) < 4.78 is 9.75. The van der Waals surface area contributed by atoms with Crippen molar-refractivity contribution in [1.82, 2.24) is 0 Å². The lowest BCUT2D eigenvalue weighted by Gasteiger charge is -2.13. The lowest BCUT2D eigenvalue weighted by atomic mass is 10.0. The zero-order chi connectivity index (χ0) is 11.7. The van der Waals surface area contributed by atoms with Gasteiger partial charge in [-0.25, -0.2) is 0 Å². The van der Waals surface area contributed by atoms with E-state index < -0.39 is 17.9 Å². The number of ether oxygens (including phenoxy) is 2. The Bertz CT molecular complexity index is 201. The zero-order valence-electron chi connectivity index (χ0n) is 9.75. The molecule has 0 saturated carbocycles. The van der Waals surface area contributed by atoms with Gasteiger partial charge in [-0.15, -0.1) is 0 Å². The third-order valence-electron chi connectivity index (χ3n) is 1.88. The maximum absolute atomic E-state index is 11.5. The Balaban J connectivity index is 4.23. The van der Waals surface area contributed by atoms with E-state index in [2.05, 4.69) is 0 Å². The molecule has 0 fully saturated rings. The molecule has 0 aromatic rings. The summed E-state index contributed by atoms with van der Waals surface area (Å²) in [5, 5.41) is 0. The summed E-state index contributed by atoms with van der Waals surface area (Å²) >= 11 is 0. The normalized spacial score (nSPS) is 11.9. The quantitative estimate of drug-likeness (QED) is 0.482. The Morgan fingerprint density at radius 3 is 2.07 bits per heavy atom. The molecular weight excluding hydrogens is 196 g/mol. The molecule has 0 spiro atoms. The van der Waals surface area contributed by atoms with Gasteiger partial charge >= 0.3 is 11.9 Å². The molecule has 0 aliphatic carbocycles. The van der Waals surface area contributed by atoms with Crippen LogP contribution in [0.4, 0.5) is 0 Å². The van der Waals surface area contributed by atoms with Gasteiger partial charge < -0.3 is 9.47 Å². The SMILES string of the molecule is CCCOC(=O)C(CCC)C(=O)OCC. The molecule has 4 heteroatoms. The van der Waals surface area contributed by atoms with E-state index in [0.29, 0.717) is 19.6 Å². The standard InChI is InChI=1S/C11H20O4/c1-4-7-9(10(12)14-6-3)11(13)15-8-5-2/h9H,4-8H2,1-3H3. The van der Waals surface area contributed by atoms with Crippen LogP contribution in [0.5, 0.6) is 0 Å². The van der Waals surface area contributed by atoms with E-state index in [9.17, 15) is 9.59 Å². The lowest BCUT2D eigenvalue weighted by molar-refractivity contribution is -0.162. The Hall–Kier alpha value is -1.06. The molecule has 88 valence electrons. The molecule has 0 aliphatic heterocycles. The van der Waals surface area contributed by atoms with Crippen LogP contribution in [0.15, 0.2) is 0 Å². The predicted molar refractivity (Wildman–Crippen MR) is 56.3 cm³/mol. The second-order valence-corrected chi connectivity index (χ2v) is 3.26. The minimum Gasteiger partial charge on any atom is -0.465 e. The number of hydrogen-bond donors (Lipinski definition) is 0. The van der Waals surface area contributed by atoms with Crippen LogP contribution in [-0.4, -0.2) is 25.2 Å². The van der Waals surface area contributed by atoms with Gasteiger partial charge in [0.05, 0.1) is 13.2 Å². The lowest BCUT2D eigenvalue weighted by Crippen LogP contribution is -2.28. The molecule has 1 atom stereocenters. The Morgan fingerprint density at radius 2 is 1.60 bits per heavy atom. The van der Waals surface area contributed by atoms with Crippen molar-refractivity contribution in [3.05, 3.63) is 0 Å². The fourth-order valence-electron chi connectivity index (χ4n) is 1.17. The average Bonchev–Trinajstić information content (AvgIpc) is 2.22. The first-order valence-electron chi connectivity index (χ1n) is 5.50. The summed E-state index contributed by atoms with van der Waals surface area (Å²) in [7, 11) is 0. The smallest absolute Gasteiger partial charge is 0.320 e. The Morgan fingerprint density at radius 1 is 1.00 bits per heavy atom. The molecule has 0 amide bonds. The van der Waals surface area contributed by atoms with Crippen LogP contribution >= 0.6 is 0 Å². The highest BCUT2D eigenvalue weighted by Gasteiger charge is 2.28. The molecule has 0 bridgehead atoms. The average molecular weight is 216 g/mol. The van der Waals surface area contributed by atoms with Crippen molar-refractivity contribution in [3.8, 4) is 0 Å². The molecule has 0 aromatic carbocycles. The summed E-state index contributed by atoms with van der Waals surface area (Å²) in [5.74, 6) is -1.68. The van der Waals surface area contributed by atoms with Crippen molar-refractivity contribution in [2.75, 3.05) is 13.2 Å². The molecule has 0 aliphatic rings. The van der Waals surface area contributed by atoms with Gasteiger partial charge in [0.25, 0.3) is 0 Å². The van der Waals surface area contributed by atoms with Crippen molar-refractivity contribution < 1.29 is 19.1 Å². The minimum atomic E-state index is -0.749. The van der Waals surface area contributed by atoms with Crippen LogP contribution in [0.25, 0.3) is 0 Å². The van der Waals surface area contributed by atoms with Gasteiger partial charge in [-0.1, -0.05) is 20.3 Å². The monoisotopic (exact) mass is 216 g/mol. The molecule has 4 nitrogen and oxygen atoms in total. The molecule has 15 heavy (non-hydrogen) atoms. The number of carbonyl (C=O) groups is 2. The number of hydrogen-bond acceptors (Lipinski definition) is 4. The van der Waals surface area contributed by atoms with E-state index >= 15 is 0 Å². The van der Waals surface area contributed by atoms with E-state index in [1.54, 1.807) is 6.92 Å². The maximum atomic E-state index is 11.5. The fraction of sp³-hybridized carbons (Fsp3) is 0.818.